The molecule has 110 valence electrons. The Bertz CT molecular complexity index is 506. The van der Waals surface area contributed by atoms with Gasteiger partial charge in [-0.05, 0) is 19.3 Å². The van der Waals surface area contributed by atoms with Crippen LogP contribution in [0.5, 0.6) is 0 Å². The Morgan fingerprint density at radius 3 is 2.85 bits per heavy atom. The van der Waals surface area contributed by atoms with Crippen molar-refractivity contribution >= 4 is 6.03 Å². The van der Waals surface area contributed by atoms with Crippen LogP contribution >= 0.6 is 0 Å². The largest absolute Gasteiger partial charge is 0.336 e. The molecular weight excluding hydrogens is 256 g/mol. The molecule has 6 heteroatoms. The molecular formula is C14H22N4O2. The standard InChI is InChI=1S/C14H22N4O2/c1-2-11-9-13(19)18(10-16-11)8-7-15-14(20)17-12-5-3-4-6-12/h9-10,12H,2-8H2,1H3,(H2,15,17,20). The molecule has 1 fully saturated rings. The van der Waals surface area contributed by atoms with Crippen molar-refractivity contribution in [2.75, 3.05) is 6.54 Å². The summed E-state index contributed by atoms with van der Waals surface area (Å²) in [5, 5.41) is 5.72. The number of carbonyl (C=O) groups excluding carboxylic acids is 1. The van der Waals surface area contributed by atoms with Crippen molar-refractivity contribution in [3.63, 3.8) is 0 Å². The second-order valence-electron chi connectivity index (χ2n) is 5.15. The monoisotopic (exact) mass is 278 g/mol. The molecule has 1 aromatic heterocycles. The average Bonchev–Trinajstić information content (AvgIpc) is 2.93. The quantitative estimate of drug-likeness (QED) is 0.845. The number of amides is 2. The third kappa shape index (κ3) is 4.08. The molecule has 0 aromatic carbocycles. The van der Waals surface area contributed by atoms with Gasteiger partial charge in [0.15, 0.2) is 0 Å². The molecule has 2 N–H and O–H groups in total. The minimum atomic E-state index is -0.150. The highest BCUT2D eigenvalue weighted by molar-refractivity contribution is 5.74. The zero-order valence-electron chi connectivity index (χ0n) is 11.9. The fourth-order valence-electron chi connectivity index (χ4n) is 2.42. The van der Waals surface area contributed by atoms with E-state index in [9.17, 15) is 9.59 Å². The van der Waals surface area contributed by atoms with E-state index >= 15 is 0 Å². The van der Waals surface area contributed by atoms with E-state index in [0.717, 1.165) is 25.0 Å². The van der Waals surface area contributed by atoms with E-state index in [1.54, 1.807) is 6.07 Å². The van der Waals surface area contributed by atoms with Gasteiger partial charge in [0, 0.05) is 30.9 Å². The molecule has 0 aliphatic heterocycles. The first-order valence-electron chi connectivity index (χ1n) is 7.28. The maximum Gasteiger partial charge on any atom is 0.315 e. The van der Waals surface area contributed by atoms with Crippen LogP contribution in [0.15, 0.2) is 17.2 Å². The van der Waals surface area contributed by atoms with Gasteiger partial charge in [0.1, 0.15) is 0 Å². The smallest absolute Gasteiger partial charge is 0.315 e. The molecule has 6 nitrogen and oxygen atoms in total. The molecule has 0 radical (unpaired) electrons. The van der Waals surface area contributed by atoms with Gasteiger partial charge < -0.3 is 10.6 Å². The number of aromatic nitrogens is 2. The normalized spacial score (nSPS) is 15.2. The van der Waals surface area contributed by atoms with Gasteiger partial charge in [-0.3, -0.25) is 9.36 Å². The van der Waals surface area contributed by atoms with E-state index in [4.69, 9.17) is 0 Å². The van der Waals surface area contributed by atoms with Crippen molar-refractivity contribution in [2.24, 2.45) is 0 Å². The number of carbonyl (C=O) groups is 1. The summed E-state index contributed by atoms with van der Waals surface area (Å²) in [7, 11) is 0. The summed E-state index contributed by atoms with van der Waals surface area (Å²) in [4.78, 5) is 27.6. The van der Waals surface area contributed by atoms with E-state index in [1.807, 2.05) is 6.92 Å². The molecule has 20 heavy (non-hydrogen) atoms. The lowest BCUT2D eigenvalue weighted by Gasteiger charge is -2.13. The van der Waals surface area contributed by atoms with Crippen molar-refractivity contribution < 1.29 is 4.79 Å². The van der Waals surface area contributed by atoms with Crippen LogP contribution in [0.1, 0.15) is 38.3 Å². The number of nitrogens with zero attached hydrogens (tertiary/aromatic N) is 2. The molecule has 0 bridgehead atoms. The second kappa shape index (κ2) is 7.07. The highest BCUT2D eigenvalue weighted by Gasteiger charge is 2.16. The highest BCUT2D eigenvalue weighted by atomic mass is 16.2. The van der Waals surface area contributed by atoms with E-state index in [0.29, 0.717) is 19.1 Å². The number of nitrogens with one attached hydrogen (secondary N) is 2. The molecule has 1 aliphatic carbocycles. The van der Waals surface area contributed by atoms with E-state index in [1.165, 1.54) is 23.7 Å². The summed E-state index contributed by atoms with van der Waals surface area (Å²) in [5.41, 5.74) is 0.716. The number of aryl methyl sites for hydroxylation is 1. The average molecular weight is 278 g/mol. The molecule has 1 aliphatic rings. The third-order valence-electron chi connectivity index (χ3n) is 3.63. The highest BCUT2D eigenvalue weighted by Crippen LogP contribution is 2.17. The Hall–Kier alpha value is -1.85. The fraction of sp³-hybridized carbons (Fsp3) is 0.643. The first-order valence-corrected chi connectivity index (χ1v) is 7.28. The molecule has 1 heterocycles. The Balaban J connectivity index is 1.75. The van der Waals surface area contributed by atoms with Crippen molar-refractivity contribution in [3.8, 4) is 0 Å². The van der Waals surface area contributed by atoms with Crippen LogP contribution in [0.2, 0.25) is 0 Å². The fourth-order valence-corrected chi connectivity index (χ4v) is 2.42. The summed E-state index contributed by atoms with van der Waals surface area (Å²) in [6.45, 7) is 2.82. The van der Waals surface area contributed by atoms with Gasteiger partial charge >= 0.3 is 6.03 Å². The number of hydrogen-bond donors (Lipinski definition) is 2. The van der Waals surface area contributed by atoms with Crippen LogP contribution in [0.3, 0.4) is 0 Å². The van der Waals surface area contributed by atoms with E-state index in [-0.39, 0.29) is 11.6 Å². The molecule has 0 unspecified atom stereocenters. The maximum absolute atomic E-state index is 11.7. The van der Waals surface area contributed by atoms with E-state index < -0.39 is 0 Å². The van der Waals surface area contributed by atoms with Gasteiger partial charge in [0.25, 0.3) is 5.56 Å². The minimum Gasteiger partial charge on any atom is -0.336 e. The lowest BCUT2D eigenvalue weighted by atomic mass is 10.2. The zero-order chi connectivity index (χ0) is 14.4. The van der Waals surface area contributed by atoms with Crippen LogP contribution in [0, 0.1) is 0 Å². The van der Waals surface area contributed by atoms with Crippen LogP contribution in [0.4, 0.5) is 4.79 Å². The molecule has 0 spiro atoms. The zero-order valence-corrected chi connectivity index (χ0v) is 11.9. The van der Waals surface area contributed by atoms with Gasteiger partial charge in [-0.25, -0.2) is 9.78 Å². The minimum absolute atomic E-state index is 0.0742. The van der Waals surface area contributed by atoms with Crippen molar-refractivity contribution in [1.29, 1.82) is 0 Å². The molecule has 0 saturated heterocycles. The van der Waals surface area contributed by atoms with Crippen molar-refractivity contribution in [1.82, 2.24) is 20.2 Å². The molecule has 2 rings (SSSR count). The SMILES string of the molecule is CCc1cc(=O)n(CCNC(=O)NC2CCCC2)cn1. The van der Waals surface area contributed by atoms with Crippen molar-refractivity contribution in [3.05, 3.63) is 28.4 Å². The summed E-state index contributed by atoms with van der Waals surface area (Å²) in [6.07, 6.45) is 6.80. The van der Waals surface area contributed by atoms with Crippen LogP contribution in [0.25, 0.3) is 0 Å². The maximum atomic E-state index is 11.7. The van der Waals surface area contributed by atoms with Gasteiger partial charge in [-0.1, -0.05) is 19.8 Å². The number of hydrogen-bond acceptors (Lipinski definition) is 3. The summed E-state index contributed by atoms with van der Waals surface area (Å²) >= 11 is 0. The Morgan fingerprint density at radius 2 is 2.20 bits per heavy atom. The Labute approximate surface area is 118 Å². The Kier molecular flexibility index (Phi) is 5.15. The van der Waals surface area contributed by atoms with Gasteiger partial charge in [-0.15, -0.1) is 0 Å². The predicted octanol–water partition coefficient (Wildman–Crippen LogP) is 1.05. The first-order chi connectivity index (χ1) is 9.69. The van der Waals surface area contributed by atoms with Crippen LogP contribution in [-0.4, -0.2) is 28.2 Å². The first kappa shape index (κ1) is 14.6. The lowest BCUT2D eigenvalue weighted by Crippen LogP contribution is -2.42. The predicted molar refractivity (Wildman–Crippen MR) is 76.7 cm³/mol. The van der Waals surface area contributed by atoms with Gasteiger partial charge in [0.2, 0.25) is 0 Å². The van der Waals surface area contributed by atoms with Crippen LogP contribution in [-0.2, 0) is 13.0 Å². The molecule has 0 atom stereocenters. The summed E-state index contributed by atoms with van der Waals surface area (Å²) < 4.78 is 1.51. The molecule has 1 saturated carbocycles. The number of rotatable bonds is 5. The summed E-state index contributed by atoms with van der Waals surface area (Å²) in [5.74, 6) is 0. The molecule has 2 amide bonds. The summed E-state index contributed by atoms with van der Waals surface area (Å²) in [6, 6.07) is 1.70. The third-order valence-corrected chi connectivity index (χ3v) is 3.63. The molecule has 1 aromatic rings. The topological polar surface area (TPSA) is 76.0 Å². The number of urea groups is 1. The van der Waals surface area contributed by atoms with Gasteiger partial charge in [-0.2, -0.15) is 0 Å². The van der Waals surface area contributed by atoms with Crippen LogP contribution < -0.4 is 16.2 Å². The van der Waals surface area contributed by atoms with Gasteiger partial charge in [0.05, 0.1) is 6.33 Å². The second-order valence-corrected chi connectivity index (χ2v) is 5.15. The lowest BCUT2D eigenvalue weighted by molar-refractivity contribution is 0.236. The Morgan fingerprint density at radius 1 is 1.45 bits per heavy atom. The van der Waals surface area contributed by atoms with E-state index in [2.05, 4.69) is 15.6 Å². The van der Waals surface area contributed by atoms with Crippen molar-refractivity contribution in [2.45, 2.75) is 51.6 Å².